The Morgan fingerprint density at radius 1 is 1.40 bits per heavy atom. The number of nitrogens with zero attached hydrogens (tertiary/aromatic N) is 1. The lowest BCUT2D eigenvalue weighted by molar-refractivity contribution is 0.0404. The van der Waals surface area contributed by atoms with Crippen molar-refractivity contribution in [2.75, 3.05) is 26.8 Å². The summed E-state index contributed by atoms with van der Waals surface area (Å²) in [5.74, 6) is 0. The topological polar surface area (TPSA) is 43.7 Å². The average molecular weight is 229 g/mol. The SMILES string of the molecule is CN(Cc1cccs1)CC(C)(CO)CO. The van der Waals surface area contributed by atoms with Crippen LogP contribution in [0.3, 0.4) is 0 Å². The van der Waals surface area contributed by atoms with Crippen LogP contribution >= 0.6 is 11.3 Å². The summed E-state index contributed by atoms with van der Waals surface area (Å²) in [6.45, 7) is 3.47. The molecule has 0 radical (unpaired) electrons. The number of thiophene rings is 1. The molecule has 1 aromatic heterocycles. The molecule has 4 heteroatoms. The lowest BCUT2D eigenvalue weighted by Crippen LogP contribution is -2.38. The second-order valence-corrected chi connectivity index (χ2v) is 5.41. The number of rotatable bonds is 6. The zero-order valence-corrected chi connectivity index (χ0v) is 10.1. The highest BCUT2D eigenvalue weighted by molar-refractivity contribution is 7.09. The number of aliphatic hydroxyl groups excluding tert-OH is 2. The third kappa shape index (κ3) is 3.91. The summed E-state index contributed by atoms with van der Waals surface area (Å²) in [5.41, 5.74) is -0.411. The lowest BCUT2D eigenvalue weighted by atomic mass is 9.92. The Kier molecular flexibility index (Phi) is 4.73. The zero-order valence-electron chi connectivity index (χ0n) is 9.31. The summed E-state index contributed by atoms with van der Waals surface area (Å²) >= 11 is 1.73. The molecule has 1 rings (SSSR count). The van der Waals surface area contributed by atoms with Gasteiger partial charge in [0.15, 0.2) is 0 Å². The van der Waals surface area contributed by atoms with Crippen LogP contribution in [-0.4, -0.2) is 41.9 Å². The Hall–Kier alpha value is -0.420. The maximum absolute atomic E-state index is 9.18. The molecule has 0 aromatic carbocycles. The molecule has 15 heavy (non-hydrogen) atoms. The Morgan fingerprint density at radius 2 is 2.07 bits per heavy atom. The Balaban J connectivity index is 2.44. The van der Waals surface area contributed by atoms with Crippen molar-refractivity contribution in [2.45, 2.75) is 13.5 Å². The van der Waals surface area contributed by atoms with Crippen molar-refractivity contribution in [1.29, 1.82) is 0 Å². The zero-order chi connectivity index (χ0) is 11.3. The normalized spacial score (nSPS) is 12.3. The fourth-order valence-electron chi connectivity index (χ4n) is 1.53. The molecule has 3 nitrogen and oxygen atoms in total. The van der Waals surface area contributed by atoms with Crippen molar-refractivity contribution < 1.29 is 10.2 Å². The van der Waals surface area contributed by atoms with Gasteiger partial charge in [-0.05, 0) is 18.5 Å². The van der Waals surface area contributed by atoms with Gasteiger partial charge in [0.05, 0.1) is 13.2 Å². The van der Waals surface area contributed by atoms with Crippen LogP contribution < -0.4 is 0 Å². The smallest absolute Gasteiger partial charge is 0.0519 e. The van der Waals surface area contributed by atoms with E-state index in [0.717, 1.165) is 6.54 Å². The van der Waals surface area contributed by atoms with Gasteiger partial charge < -0.3 is 15.1 Å². The molecule has 0 aliphatic heterocycles. The fourth-order valence-corrected chi connectivity index (χ4v) is 2.31. The molecule has 0 amide bonds. The first-order valence-corrected chi connectivity index (χ1v) is 5.90. The molecule has 0 atom stereocenters. The summed E-state index contributed by atoms with van der Waals surface area (Å²) in [7, 11) is 2.00. The van der Waals surface area contributed by atoms with E-state index in [9.17, 15) is 10.2 Å². The van der Waals surface area contributed by atoms with Gasteiger partial charge in [0.25, 0.3) is 0 Å². The Morgan fingerprint density at radius 3 is 2.53 bits per heavy atom. The first-order chi connectivity index (χ1) is 7.09. The first kappa shape index (κ1) is 12.6. The maximum atomic E-state index is 9.18. The van der Waals surface area contributed by atoms with E-state index in [0.29, 0.717) is 6.54 Å². The van der Waals surface area contributed by atoms with Gasteiger partial charge in [-0.2, -0.15) is 0 Å². The van der Waals surface area contributed by atoms with E-state index in [-0.39, 0.29) is 13.2 Å². The van der Waals surface area contributed by atoms with E-state index >= 15 is 0 Å². The van der Waals surface area contributed by atoms with E-state index in [1.54, 1.807) is 11.3 Å². The molecule has 2 N–H and O–H groups in total. The highest BCUT2D eigenvalue weighted by atomic mass is 32.1. The van der Waals surface area contributed by atoms with Crippen LogP contribution in [0.5, 0.6) is 0 Å². The monoisotopic (exact) mass is 229 g/mol. The van der Waals surface area contributed by atoms with Crippen molar-refractivity contribution in [1.82, 2.24) is 4.90 Å². The minimum Gasteiger partial charge on any atom is -0.396 e. The largest absolute Gasteiger partial charge is 0.396 e. The third-order valence-corrected chi connectivity index (χ3v) is 3.28. The average Bonchev–Trinajstić information content (AvgIpc) is 2.70. The molecular weight excluding hydrogens is 210 g/mol. The molecule has 0 aliphatic carbocycles. The molecule has 0 fully saturated rings. The van der Waals surface area contributed by atoms with Crippen LogP contribution in [0.2, 0.25) is 0 Å². The Bertz CT molecular complexity index is 270. The second-order valence-electron chi connectivity index (χ2n) is 4.38. The van der Waals surface area contributed by atoms with Gasteiger partial charge in [0.1, 0.15) is 0 Å². The van der Waals surface area contributed by atoms with Crippen LogP contribution in [0.25, 0.3) is 0 Å². The fraction of sp³-hybridized carbons (Fsp3) is 0.636. The summed E-state index contributed by atoms with van der Waals surface area (Å²) in [4.78, 5) is 3.42. The molecular formula is C11H19NO2S. The third-order valence-electron chi connectivity index (χ3n) is 2.42. The van der Waals surface area contributed by atoms with Gasteiger partial charge in [-0.15, -0.1) is 11.3 Å². The van der Waals surface area contributed by atoms with E-state index in [4.69, 9.17) is 0 Å². The van der Waals surface area contributed by atoms with Gasteiger partial charge in [0, 0.05) is 23.4 Å². The lowest BCUT2D eigenvalue weighted by Gasteiger charge is -2.30. The molecule has 0 saturated carbocycles. The molecule has 86 valence electrons. The van der Waals surface area contributed by atoms with Crippen LogP contribution in [0.4, 0.5) is 0 Å². The molecule has 0 spiro atoms. The van der Waals surface area contributed by atoms with E-state index in [2.05, 4.69) is 16.3 Å². The van der Waals surface area contributed by atoms with Crippen molar-refractivity contribution in [3.8, 4) is 0 Å². The molecule has 0 saturated heterocycles. The first-order valence-electron chi connectivity index (χ1n) is 5.02. The predicted molar refractivity (Wildman–Crippen MR) is 62.9 cm³/mol. The van der Waals surface area contributed by atoms with Gasteiger partial charge >= 0.3 is 0 Å². The van der Waals surface area contributed by atoms with Crippen molar-refractivity contribution in [3.05, 3.63) is 22.4 Å². The van der Waals surface area contributed by atoms with Gasteiger partial charge in [-0.25, -0.2) is 0 Å². The minimum absolute atomic E-state index is 0.0122. The predicted octanol–water partition coefficient (Wildman–Crippen LogP) is 1.17. The summed E-state index contributed by atoms with van der Waals surface area (Å²) in [6.07, 6.45) is 0. The molecule has 1 heterocycles. The summed E-state index contributed by atoms with van der Waals surface area (Å²) < 4.78 is 0. The molecule has 0 bridgehead atoms. The highest BCUT2D eigenvalue weighted by Crippen LogP contribution is 2.18. The minimum atomic E-state index is -0.411. The van der Waals surface area contributed by atoms with Gasteiger partial charge in [0.2, 0.25) is 0 Å². The van der Waals surface area contributed by atoms with Gasteiger partial charge in [-0.1, -0.05) is 13.0 Å². The second kappa shape index (κ2) is 5.61. The van der Waals surface area contributed by atoms with E-state index in [1.165, 1.54) is 4.88 Å². The molecule has 0 aliphatic rings. The van der Waals surface area contributed by atoms with E-state index in [1.807, 2.05) is 20.0 Å². The number of hydrogen-bond acceptors (Lipinski definition) is 4. The number of aliphatic hydroxyl groups is 2. The highest BCUT2D eigenvalue weighted by Gasteiger charge is 2.24. The van der Waals surface area contributed by atoms with Crippen LogP contribution in [0.1, 0.15) is 11.8 Å². The quantitative estimate of drug-likeness (QED) is 0.769. The van der Waals surface area contributed by atoms with E-state index < -0.39 is 5.41 Å². The number of hydrogen-bond donors (Lipinski definition) is 2. The molecule has 1 aromatic rings. The van der Waals surface area contributed by atoms with Crippen LogP contribution in [-0.2, 0) is 6.54 Å². The summed E-state index contributed by atoms with van der Waals surface area (Å²) in [5, 5.41) is 20.4. The molecule has 0 unspecified atom stereocenters. The van der Waals surface area contributed by atoms with Crippen molar-refractivity contribution >= 4 is 11.3 Å². The Labute approximate surface area is 95.0 Å². The van der Waals surface area contributed by atoms with Gasteiger partial charge in [-0.3, -0.25) is 0 Å². The van der Waals surface area contributed by atoms with Crippen molar-refractivity contribution in [2.24, 2.45) is 5.41 Å². The maximum Gasteiger partial charge on any atom is 0.0519 e. The van der Waals surface area contributed by atoms with Crippen LogP contribution in [0.15, 0.2) is 17.5 Å². The standard InChI is InChI=1S/C11H19NO2S/c1-11(8-13,9-14)7-12(2)6-10-4-3-5-15-10/h3-5,13-14H,6-9H2,1-2H3. The van der Waals surface area contributed by atoms with Crippen molar-refractivity contribution in [3.63, 3.8) is 0 Å². The summed E-state index contributed by atoms with van der Waals surface area (Å²) in [6, 6.07) is 4.13. The van der Waals surface area contributed by atoms with Crippen LogP contribution in [0, 0.1) is 5.41 Å².